The number of rotatable bonds is 2. The van der Waals surface area contributed by atoms with Crippen LogP contribution < -0.4 is 14.8 Å². The molecule has 1 aromatic carbocycles. The third-order valence-electron chi connectivity index (χ3n) is 3.51. The van der Waals surface area contributed by atoms with E-state index in [2.05, 4.69) is 12.2 Å². The number of nitrogens with one attached hydrogen (secondary N) is 1. The molecule has 0 bridgehead atoms. The summed E-state index contributed by atoms with van der Waals surface area (Å²) in [6.07, 6.45) is 0.420. The molecule has 1 aromatic rings. The summed E-state index contributed by atoms with van der Waals surface area (Å²) in [7, 11) is 0. The maximum atomic E-state index is 12.2. The van der Waals surface area contributed by atoms with Gasteiger partial charge in [-0.2, -0.15) is 0 Å². The molecule has 1 atom stereocenters. The van der Waals surface area contributed by atoms with Crippen molar-refractivity contribution in [1.82, 2.24) is 10.2 Å². The minimum Gasteiger partial charge on any atom is -0.454 e. The molecule has 0 radical (unpaired) electrons. The van der Waals surface area contributed by atoms with Gasteiger partial charge in [0.25, 0.3) is 0 Å². The summed E-state index contributed by atoms with van der Waals surface area (Å²) in [5.74, 6) is 1.66. The molecule has 1 amide bonds. The van der Waals surface area contributed by atoms with E-state index in [0.717, 1.165) is 36.7 Å². The number of fused-ring (bicyclic) bond motifs is 1. The lowest BCUT2D eigenvalue weighted by atomic mass is 10.1. The molecular formula is C14H19ClN2O3. The zero-order valence-corrected chi connectivity index (χ0v) is 12.2. The van der Waals surface area contributed by atoms with Crippen molar-refractivity contribution >= 4 is 18.3 Å². The Morgan fingerprint density at radius 3 is 3.00 bits per heavy atom. The quantitative estimate of drug-likeness (QED) is 0.891. The van der Waals surface area contributed by atoms with E-state index < -0.39 is 0 Å². The predicted molar refractivity (Wildman–Crippen MR) is 77.6 cm³/mol. The van der Waals surface area contributed by atoms with Crippen molar-refractivity contribution in [3.63, 3.8) is 0 Å². The second-order valence-electron chi connectivity index (χ2n) is 5.06. The van der Waals surface area contributed by atoms with Crippen molar-refractivity contribution in [3.8, 4) is 11.5 Å². The van der Waals surface area contributed by atoms with E-state index in [4.69, 9.17) is 9.47 Å². The fourth-order valence-electron chi connectivity index (χ4n) is 2.50. The highest BCUT2D eigenvalue weighted by Crippen LogP contribution is 2.32. The Morgan fingerprint density at radius 2 is 2.20 bits per heavy atom. The molecule has 3 rings (SSSR count). The Balaban J connectivity index is 0.00000147. The first-order valence-electron chi connectivity index (χ1n) is 6.62. The van der Waals surface area contributed by atoms with Crippen LogP contribution in [-0.2, 0) is 11.2 Å². The summed E-state index contributed by atoms with van der Waals surface area (Å²) < 4.78 is 10.6. The first kappa shape index (κ1) is 14.9. The van der Waals surface area contributed by atoms with E-state index in [-0.39, 0.29) is 25.1 Å². The minimum absolute atomic E-state index is 0. The molecular weight excluding hydrogens is 280 g/mol. The molecule has 1 N–H and O–H groups in total. The molecule has 1 saturated heterocycles. The molecule has 5 nitrogen and oxygen atoms in total. The van der Waals surface area contributed by atoms with E-state index in [1.165, 1.54) is 0 Å². The van der Waals surface area contributed by atoms with Gasteiger partial charge in [0.1, 0.15) is 0 Å². The van der Waals surface area contributed by atoms with Crippen LogP contribution in [0.2, 0.25) is 0 Å². The average Bonchev–Trinajstić information content (AvgIpc) is 2.86. The van der Waals surface area contributed by atoms with E-state index in [9.17, 15) is 4.79 Å². The molecule has 0 spiro atoms. The highest BCUT2D eigenvalue weighted by Gasteiger charge is 2.21. The molecule has 1 fully saturated rings. The van der Waals surface area contributed by atoms with Crippen molar-refractivity contribution in [3.05, 3.63) is 23.8 Å². The van der Waals surface area contributed by atoms with Crippen LogP contribution in [0.15, 0.2) is 18.2 Å². The van der Waals surface area contributed by atoms with E-state index in [1.807, 2.05) is 23.1 Å². The van der Waals surface area contributed by atoms with Crippen molar-refractivity contribution in [2.45, 2.75) is 19.4 Å². The summed E-state index contributed by atoms with van der Waals surface area (Å²) >= 11 is 0. The van der Waals surface area contributed by atoms with Gasteiger partial charge in [0.2, 0.25) is 12.7 Å². The van der Waals surface area contributed by atoms with Crippen LogP contribution in [0, 0.1) is 0 Å². The minimum atomic E-state index is 0. The number of piperazine rings is 1. The van der Waals surface area contributed by atoms with Gasteiger partial charge in [0.15, 0.2) is 11.5 Å². The molecule has 2 aliphatic heterocycles. The van der Waals surface area contributed by atoms with Crippen LogP contribution >= 0.6 is 12.4 Å². The third-order valence-corrected chi connectivity index (χ3v) is 3.51. The molecule has 0 aromatic heterocycles. The van der Waals surface area contributed by atoms with Gasteiger partial charge in [-0.15, -0.1) is 12.4 Å². The van der Waals surface area contributed by atoms with Gasteiger partial charge < -0.3 is 19.7 Å². The van der Waals surface area contributed by atoms with Crippen molar-refractivity contribution in [1.29, 1.82) is 0 Å². The average molecular weight is 299 g/mol. The summed E-state index contributed by atoms with van der Waals surface area (Å²) in [6.45, 7) is 4.80. The monoisotopic (exact) mass is 298 g/mol. The van der Waals surface area contributed by atoms with Gasteiger partial charge in [-0.25, -0.2) is 0 Å². The Morgan fingerprint density at radius 1 is 1.40 bits per heavy atom. The first-order chi connectivity index (χ1) is 9.22. The van der Waals surface area contributed by atoms with E-state index >= 15 is 0 Å². The van der Waals surface area contributed by atoms with Crippen LogP contribution in [-0.4, -0.2) is 43.3 Å². The summed E-state index contributed by atoms with van der Waals surface area (Å²) in [5, 5.41) is 3.33. The van der Waals surface area contributed by atoms with Gasteiger partial charge >= 0.3 is 0 Å². The van der Waals surface area contributed by atoms with Crippen LogP contribution in [0.3, 0.4) is 0 Å². The lowest BCUT2D eigenvalue weighted by molar-refractivity contribution is -0.131. The van der Waals surface area contributed by atoms with Crippen LogP contribution in [0.25, 0.3) is 0 Å². The number of benzene rings is 1. The number of hydrogen-bond acceptors (Lipinski definition) is 4. The molecule has 6 heteroatoms. The lowest BCUT2D eigenvalue weighted by Gasteiger charge is -2.32. The van der Waals surface area contributed by atoms with Gasteiger partial charge in [-0.05, 0) is 24.6 Å². The van der Waals surface area contributed by atoms with Crippen molar-refractivity contribution in [2.75, 3.05) is 26.4 Å². The number of halogens is 1. The SMILES string of the molecule is CC1CN(C(=O)Cc2ccc3c(c2)OCO3)CCN1.Cl. The topological polar surface area (TPSA) is 50.8 Å². The van der Waals surface area contributed by atoms with Gasteiger partial charge in [-0.3, -0.25) is 4.79 Å². The fraction of sp³-hybridized carbons (Fsp3) is 0.500. The van der Waals surface area contributed by atoms with Gasteiger partial charge in [-0.1, -0.05) is 6.07 Å². The van der Waals surface area contributed by atoms with Crippen LogP contribution in [0.5, 0.6) is 11.5 Å². The van der Waals surface area contributed by atoms with Gasteiger partial charge in [0.05, 0.1) is 6.42 Å². The zero-order chi connectivity index (χ0) is 13.2. The predicted octanol–water partition coefficient (Wildman–Crippen LogP) is 1.20. The highest BCUT2D eigenvalue weighted by atomic mass is 35.5. The number of carbonyl (C=O) groups is 1. The van der Waals surface area contributed by atoms with E-state index in [0.29, 0.717) is 12.5 Å². The Bertz CT molecular complexity index is 495. The maximum Gasteiger partial charge on any atom is 0.231 e. The zero-order valence-electron chi connectivity index (χ0n) is 11.4. The van der Waals surface area contributed by atoms with Crippen LogP contribution in [0.1, 0.15) is 12.5 Å². The normalized spacial score (nSPS) is 20.4. The van der Waals surface area contributed by atoms with Crippen molar-refractivity contribution in [2.24, 2.45) is 0 Å². The second kappa shape index (κ2) is 6.33. The Hall–Kier alpha value is -1.46. The summed E-state index contributed by atoms with van der Waals surface area (Å²) in [6, 6.07) is 6.06. The smallest absolute Gasteiger partial charge is 0.231 e. The van der Waals surface area contributed by atoms with Crippen LogP contribution in [0.4, 0.5) is 0 Å². The largest absolute Gasteiger partial charge is 0.454 e. The number of carbonyl (C=O) groups excluding carboxylic acids is 1. The van der Waals surface area contributed by atoms with Gasteiger partial charge in [0, 0.05) is 25.7 Å². The Labute approximate surface area is 124 Å². The summed E-state index contributed by atoms with van der Waals surface area (Å²) in [4.78, 5) is 14.2. The Kier molecular flexibility index (Phi) is 4.73. The second-order valence-corrected chi connectivity index (χ2v) is 5.06. The molecule has 20 heavy (non-hydrogen) atoms. The van der Waals surface area contributed by atoms with Crippen molar-refractivity contribution < 1.29 is 14.3 Å². The third kappa shape index (κ3) is 3.16. The molecule has 1 unspecified atom stereocenters. The summed E-state index contributed by atoms with van der Waals surface area (Å²) in [5.41, 5.74) is 0.973. The standard InChI is InChI=1S/C14H18N2O3.ClH/c1-10-8-16(5-4-15-10)14(17)7-11-2-3-12-13(6-11)19-9-18-12;/h2-3,6,10,15H,4-5,7-9H2,1H3;1H. The highest BCUT2D eigenvalue weighted by molar-refractivity contribution is 5.85. The maximum absolute atomic E-state index is 12.2. The molecule has 0 saturated carbocycles. The molecule has 2 heterocycles. The fourth-order valence-corrected chi connectivity index (χ4v) is 2.50. The number of amides is 1. The molecule has 2 aliphatic rings. The number of hydrogen-bond donors (Lipinski definition) is 1. The lowest BCUT2D eigenvalue weighted by Crippen LogP contribution is -2.51. The number of nitrogens with zero attached hydrogens (tertiary/aromatic N) is 1. The van der Waals surface area contributed by atoms with E-state index in [1.54, 1.807) is 0 Å². The first-order valence-corrected chi connectivity index (χ1v) is 6.62. The number of ether oxygens (including phenoxy) is 2. The molecule has 0 aliphatic carbocycles. The molecule has 110 valence electrons.